The maximum absolute atomic E-state index is 9.47. The van der Waals surface area contributed by atoms with Crippen LogP contribution >= 0.6 is 0 Å². The van der Waals surface area contributed by atoms with Crippen molar-refractivity contribution in [3.05, 3.63) is 30.3 Å². The number of ether oxygens (including phenoxy) is 1. The molecule has 2 rings (SSSR count). The van der Waals surface area contributed by atoms with Gasteiger partial charge in [0.15, 0.2) is 0 Å². The van der Waals surface area contributed by atoms with Crippen molar-refractivity contribution in [2.75, 3.05) is 7.11 Å². The van der Waals surface area contributed by atoms with Crippen LogP contribution in [0.4, 0.5) is 0 Å². The molecule has 0 spiro atoms. The van der Waals surface area contributed by atoms with E-state index in [1.807, 2.05) is 12.1 Å². The van der Waals surface area contributed by atoms with Crippen molar-refractivity contribution in [3.8, 4) is 11.6 Å². The molecule has 0 unspecified atom stereocenters. The fourth-order valence-corrected chi connectivity index (χ4v) is 1.23. The predicted molar refractivity (Wildman–Crippen MR) is 50.0 cm³/mol. The Balaban J connectivity index is 0.000000980. The van der Waals surface area contributed by atoms with Gasteiger partial charge in [0.2, 0.25) is 5.88 Å². The summed E-state index contributed by atoms with van der Waals surface area (Å²) in [4.78, 5) is 4.12. The zero-order chi connectivity index (χ0) is 9.26. The number of phenols is 1. The Morgan fingerprint density at radius 1 is 1.21 bits per heavy atom. The second-order valence-electron chi connectivity index (χ2n) is 2.70. The molecule has 0 aliphatic rings. The molecule has 0 radical (unpaired) electrons. The van der Waals surface area contributed by atoms with Crippen LogP contribution in [-0.2, 0) is 19.5 Å². The van der Waals surface area contributed by atoms with Crippen molar-refractivity contribution >= 4 is 10.9 Å². The van der Waals surface area contributed by atoms with Gasteiger partial charge >= 0.3 is 0 Å². The Kier molecular flexibility index (Phi) is 3.42. The molecule has 0 fully saturated rings. The Hall–Kier alpha value is -1.15. The van der Waals surface area contributed by atoms with Gasteiger partial charge in [0, 0.05) is 30.9 Å². The van der Waals surface area contributed by atoms with Crippen LogP contribution < -0.4 is 4.74 Å². The quantitative estimate of drug-likeness (QED) is 0.775. The van der Waals surface area contributed by atoms with Gasteiger partial charge in [-0.05, 0) is 12.1 Å². The molecular formula is C10H9NO2Zn. The fourth-order valence-electron chi connectivity index (χ4n) is 1.23. The van der Waals surface area contributed by atoms with Crippen LogP contribution in [0.5, 0.6) is 11.6 Å². The van der Waals surface area contributed by atoms with E-state index >= 15 is 0 Å². The van der Waals surface area contributed by atoms with Crippen LogP contribution in [-0.4, -0.2) is 17.2 Å². The fraction of sp³-hybridized carbons (Fsp3) is 0.100. The number of hydrogen-bond acceptors (Lipinski definition) is 3. The third-order valence-corrected chi connectivity index (χ3v) is 1.88. The zero-order valence-corrected chi connectivity index (χ0v) is 10.9. The summed E-state index contributed by atoms with van der Waals surface area (Å²) in [6, 6.07) is 8.91. The van der Waals surface area contributed by atoms with E-state index in [-0.39, 0.29) is 25.2 Å². The molecule has 1 heterocycles. The summed E-state index contributed by atoms with van der Waals surface area (Å²) in [5.41, 5.74) is 0.571. The standard InChI is InChI=1S/C10H9NO2.Zn/c1-13-9-6-5-7-3-2-4-8(12)10(7)11-9;/h2-6,12H,1H3;. The summed E-state index contributed by atoms with van der Waals surface area (Å²) in [7, 11) is 1.55. The molecule has 0 saturated heterocycles. The number of fused-ring (bicyclic) bond motifs is 1. The average molecular weight is 241 g/mol. The van der Waals surface area contributed by atoms with Crippen molar-refractivity contribution < 1.29 is 29.3 Å². The SMILES string of the molecule is COc1ccc2cccc(O)c2n1.[Zn]. The first kappa shape index (κ1) is 10.9. The van der Waals surface area contributed by atoms with Gasteiger partial charge in [-0.3, -0.25) is 0 Å². The summed E-state index contributed by atoms with van der Waals surface area (Å²) >= 11 is 0. The average Bonchev–Trinajstić information content (AvgIpc) is 2.18. The smallest absolute Gasteiger partial charge is 0.213 e. The Labute approximate surface area is 94.5 Å². The second kappa shape index (κ2) is 4.38. The number of aromatic hydroxyl groups is 1. The van der Waals surface area contributed by atoms with Gasteiger partial charge in [-0.1, -0.05) is 12.1 Å². The number of methoxy groups -OCH3 is 1. The van der Waals surface area contributed by atoms with Gasteiger partial charge in [-0.15, -0.1) is 0 Å². The predicted octanol–water partition coefficient (Wildman–Crippen LogP) is 1.95. The van der Waals surface area contributed by atoms with E-state index in [4.69, 9.17) is 4.74 Å². The van der Waals surface area contributed by atoms with Gasteiger partial charge in [-0.25, -0.2) is 4.98 Å². The topological polar surface area (TPSA) is 42.4 Å². The van der Waals surface area contributed by atoms with Gasteiger partial charge in [-0.2, -0.15) is 0 Å². The summed E-state index contributed by atoms with van der Waals surface area (Å²) in [5.74, 6) is 0.686. The number of para-hydroxylation sites is 1. The number of nitrogens with zero attached hydrogens (tertiary/aromatic N) is 1. The number of phenolic OH excluding ortho intramolecular Hbond substituents is 1. The van der Waals surface area contributed by atoms with Crippen LogP contribution in [0.1, 0.15) is 0 Å². The van der Waals surface area contributed by atoms with Crippen molar-refractivity contribution in [3.63, 3.8) is 0 Å². The third kappa shape index (κ3) is 1.85. The molecule has 4 heteroatoms. The maximum atomic E-state index is 9.47. The molecule has 2 aromatic rings. The van der Waals surface area contributed by atoms with Crippen LogP contribution in [0.15, 0.2) is 30.3 Å². The van der Waals surface area contributed by atoms with Crippen molar-refractivity contribution in [1.82, 2.24) is 4.98 Å². The van der Waals surface area contributed by atoms with Crippen LogP contribution in [0.25, 0.3) is 10.9 Å². The van der Waals surface area contributed by atoms with E-state index in [0.717, 1.165) is 5.39 Å². The number of pyridine rings is 1. The molecule has 1 aromatic carbocycles. The second-order valence-corrected chi connectivity index (χ2v) is 2.70. The monoisotopic (exact) mass is 239 g/mol. The zero-order valence-electron chi connectivity index (χ0n) is 7.90. The molecule has 1 aromatic heterocycles. The first-order valence-electron chi connectivity index (χ1n) is 3.94. The summed E-state index contributed by atoms with van der Waals surface area (Å²) in [6.45, 7) is 0. The van der Waals surface area contributed by atoms with Gasteiger partial charge < -0.3 is 9.84 Å². The van der Waals surface area contributed by atoms with Crippen molar-refractivity contribution in [2.45, 2.75) is 0 Å². The van der Waals surface area contributed by atoms with Gasteiger partial charge in [0.05, 0.1) is 7.11 Å². The molecule has 0 aliphatic carbocycles. The minimum absolute atomic E-state index is 0. The molecule has 0 amide bonds. The number of aromatic nitrogens is 1. The summed E-state index contributed by atoms with van der Waals surface area (Å²) in [5, 5.41) is 10.4. The molecule has 1 N–H and O–H groups in total. The van der Waals surface area contributed by atoms with E-state index in [2.05, 4.69) is 4.98 Å². The first-order valence-corrected chi connectivity index (χ1v) is 3.94. The molecule has 0 bridgehead atoms. The van der Waals surface area contributed by atoms with E-state index in [9.17, 15) is 5.11 Å². The van der Waals surface area contributed by atoms with Crippen LogP contribution in [0, 0.1) is 0 Å². The maximum Gasteiger partial charge on any atom is 0.213 e. The molecule has 14 heavy (non-hydrogen) atoms. The molecule has 68 valence electrons. The van der Waals surface area contributed by atoms with Crippen LogP contribution in [0.3, 0.4) is 0 Å². The first-order chi connectivity index (χ1) is 6.31. The number of rotatable bonds is 1. The minimum Gasteiger partial charge on any atom is -0.506 e. The van der Waals surface area contributed by atoms with E-state index < -0.39 is 0 Å². The Morgan fingerprint density at radius 3 is 2.71 bits per heavy atom. The number of hydrogen-bond donors (Lipinski definition) is 1. The molecule has 0 aliphatic heterocycles. The minimum atomic E-state index is 0. The van der Waals surface area contributed by atoms with Crippen LogP contribution in [0.2, 0.25) is 0 Å². The molecule has 0 atom stereocenters. The van der Waals surface area contributed by atoms with E-state index in [1.165, 1.54) is 0 Å². The normalized spacial score (nSPS) is 9.50. The van der Waals surface area contributed by atoms with E-state index in [0.29, 0.717) is 11.4 Å². The van der Waals surface area contributed by atoms with Gasteiger partial charge in [0.1, 0.15) is 11.3 Å². The van der Waals surface area contributed by atoms with Crippen molar-refractivity contribution in [1.29, 1.82) is 0 Å². The van der Waals surface area contributed by atoms with Gasteiger partial charge in [0.25, 0.3) is 0 Å². The molecule has 3 nitrogen and oxygen atoms in total. The summed E-state index contributed by atoms with van der Waals surface area (Å²) in [6.07, 6.45) is 0. The third-order valence-electron chi connectivity index (χ3n) is 1.88. The number of benzene rings is 1. The largest absolute Gasteiger partial charge is 0.506 e. The van der Waals surface area contributed by atoms with Crippen molar-refractivity contribution in [2.24, 2.45) is 0 Å². The Bertz CT molecular complexity index is 445. The van der Waals surface area contributed by atoms with E-state index in [1.54, 1.807) is 25.3 Å². The summed E-state index contributed by atoms with van der Waals surface area (Å²) < 4.78 is 4.96. The molecule has 0 saturated carbocycles. The molecular weight excluding hydrogens is 232 g/mol. The Morgan fingerprint density at radius 2 is 2.00 bits per heavy atom.